The lowest BCUT2D eigenvalue weighted by Crippen LogP contribution is -2.59. The van der Waals surface area contributed by atoms with Gasteiger partial charge >= 0.3 is 5.97 Å². The van der Waals surface area contributed by atoms with Crippen molar-refractivity contribution in [2.75, 3.05) is 26.2 Å². The number of carboxylic acids is 1. The number of hydrogen-bond donors (Lipinski definition) is 3. The monoisotopic (exact) mass is 156 g/mol. The van der Waals surface area contributed by atoms with Crippen molar-refractivity contribution in [1.82, 2.24) is 10.6 Å². The van der Waals surface area contributed by atoms with Crippen molar-refractivity contribution in [2.24, 2.45) is 11.3 Å². The molecule has 2 heterocycles. The summed E-state index contributed by atoms with van der Waals surface area (Å²) in [5.41, 5.74) is 0.0336. The largest absolute Gasteiger partial charge is 0.481 e. The van der Waals surface area contributed by atoms with E-state index in [0.29, 0.717) is 6.54 Å². The van der Waals surface area contributed by atoms with Crippen LogP contribution in [0.25, 0.3) is 0 Å². The first kappa shape index (κ1) is 7.06. The number of nitrogens with one attached hydrogen (secondary N) is 2. The van der Waals surface area contributed by atoms with Crippen LogP contribution in [0.2, 0.25) is 0 Å². The number of aliphatic carboxylic acids is 1. The van der Waals surface area contributed by atoms with Crippen LogP contribution in [-0.2, 0) is 4.79 Å². The second-order valence-electron chi connectivity index (χ2n) is 3.49. The molecule has 0 bridgehead atoms. The fourth-order valence-electron chi connectivity index (χ4n) is 1.97. The van der Waals surface area contributed by atoms with Crippen LogP contribution in [0.1, 0.15) is 0 Å². The number of carbonyl (C=O) groups is 1. The molecule has 0 amide bonds. The Hall–Kier alpha value is -0.610. The minimum atomic E-state index is -0.656. The molecule has 2 fully saturated rings. The summed E-state index contributed by atoms with van der Waals surface area (Å²) >= 11 is 0. The Morgan fingerprint density at radius 2 is 2.00 bits per heavy atom. The molecule has 0 aromatic rings. The Kier molecular flexibility index (Phi) is 1.40. The maximum absolute atomic E-state index is 10.7. The van der Waals surface area contributed by atoms with E-state index in [-0.39, 0.29) is 11.3 Å². The lowest BCUT2D eigenvalue weighted by molar-refractivity contribution is -0.145. The van der Waals surface area contributed by atoms with E-state index in [4.69, 9.17) is 5.11 Å². The van der Waals surface area contributed by atoms with Gasteiger partial charge in [0.1, 0.15) is 0 Å². The van der Waals surface area contributed by atoms with Gasteiger partial charge in [-0.2, -0.15) is 0 Å². The highest BCUT2D eigenvalue weighted by atomic mass is 16.4. The molecule has 0 aromatic heterocycles. The van der Waals surface area contributed by atoms with Gasteiger partial charge in [-0.1, -0.05) is 0 Å². The molecule has 0 radical (unpaired) electrons. The molecule has 2 rings (SSSR count). The minimum Gasteiger partial charge on any atom is -0.481 e. The molecule has 2 saturated heterocycles. The van der Waals surface area contributed by atoms with Crippen LogP contribution >= 0.6 is 0 Å². The van der Waals surface area contributed by atoms with Crippen LogP contribution < -0.4 is 10.6 Å². The van der Waals surface area contributed by atoms with Crippen molar-refractivity contribution in [3.63, 3.8) is 0 Å². The van der Waals surface area contributed by atoms with Crippen LogP contribution in [0, 0.1) is 11.3 Å². The van der Waals surface area contributed by atoms with Crippen LogP contribution in [0.15, 0.2) is 0 Å². The molecule has 4 heteroatoms. The predicted octanol–water partition coefficient (Wildman–Crippen LogP) is -1.12. The van der Waals surface area contributed by atoms with Gasteiger partial charge in [-0.15, -0.1) is 0 Å². The molecule has 1 atom stereocenters. The average molecular weight is 156 g/mol. The second-order valence-corrected chi connectivity index (χ2v) is 3.49. The van der Waals surface area contributed by atoms with Gasteiger partial charge in [0.05, 0.1) is 5.92 Å². The zero-order valence-corrected chi connectivity index (χ0v) is 6.26. The van der Waals surface area contributed by atoms with Gasteiger partial charge in [0.2, 0.25) is 0 Å². The third-order valence-corrected chi connectivity index (χ3v) is 2.82. The maximum Gasteiger partial charge on any atom is 0.308 e. The fourth-order valence-corrected chi connectivity index (χ4v) is 1.97. The normalized spacial score (nSPS) is 33.6. The Bertz CT molecular complexity index is 189. The SMILES string of the molecule is O=C(O)C1CNCC12CNC2. The van der Waals surface area contributed by atoms with Crippen LogP contribution in [-0.4, -0.2) is 37.3 Å². The summed E-state index contributed by atoms with van der Waals surface area (Å²) < 4.78 is 0. The summed E-state index contributed by atoms with van der Waals surface area (Å²) in [6.07, 6.45) is 0. The summed E-state index contributed by atoms with van der Waals surface area (Å²) in [4.78, 5) is 10.7. The molecule has 1 spiro atoms. The molecule has 2 aliphatic rings. The average Bonchev–Trinajstić information content (AvgIpc) is 2.27. The molecular formula is C7H12N2O2. The zero-order chi connectivity index (χ0) is 7.90. The summed E-state index contributed by atoms with van der Waals surface area (Å²) in [5.74, 6) is -0.833. The predicted molar refractivity (Wildman–Crippen MR) is 39.3 cm³/mol. The molecule has 62 valence electrons. The van der Waals surface area contributed by atoms with E-state index in [1.165, 1.54) is 0 Å². The fraction of sp³-hybridized carbons (Fsp3) is 0.857. The Morgan fingerprint density at radius 3 is 2.36 bits per heavy atom. The molecule has 0 aliphatic carbocycles. The van der Waals surface area contributed by atoms with Gasteiger partial charge in [-0.25, -0.2) is 0 Å². The lowest BCUT2D eigenvalue weighted by Gasteiger charge is -2.41. The van der Waals surface area contributed by atoms with Crippen molar-refractivity contribution in [3.05, 3.63) is 0 Å². The summed E-state index contributed by atoms with van der Waals surface area (Å²) in [6, 6.07) is 0. The number of hydrogen-bond acceptors (Lipinski definition) is 3. The maximum atomic E-state index is 10.7. The van der Waals surface area contributed by atoms with E-state index < -0.39 is 5.97 Å². The van der Waals surface area contributed by atoms with Gasteiger partial charge in [0.15, 0.2) is 0 Å². The molecule has 1 unspecified atom stereocenters. The van der Waals surface area contributed by atoms with Crippen molar-refractivity contribution < 1.29 is 9.90 Å². The van der Waals surface area contributed by atoms with E-state index in [0.717, 1.165) is 19.6 Å². The van der Waals surface area contributed by atoms with Gasteiger partial charge < -0.3 is 15.7 Å². The Morgan fingerprint density at radius 1 is 1.36 bits per heavy atom. The van der Waals surface area contributed by atoms with Gasteiger partial charge in [0, 0.05) is 31.6 Å². The molecular weight excluding hydrogens is 144 g/mol. The first-order valence-corrected chi connectivity index (χ1v) is 3.89. The number of carboxylic acid groups (broad SMARTS) is 1. The van der Waals surface area contributed by atoms with Crippen LogP contribution in [0.3, 0.4) is 0 Å². The van der Waals surface area contributed by atoms with Gasteiger partial charge in [0.25, 0.3) is 0 Å². The van der Waals surface area contributed by atoms with Crippen LogP contribution in [0.4, 0.5) is 0 Å². The molecule has 2 aliphatic heterocycles. The van der Waals surface area contributed by atoms with Gasteiger partial charge in [-0.05, 0) is 0 Å². The third kappa shape index (κ3) is 0.862. The standard InChI is InChI=1S/C7H12N2O2/c10-6(11)5-1-8-2-7(5)3-9-4-7/h5,8-9H,1-4H2,(H,10,11). The smallest absolute Gasteiger partial charge is 0.308 e. The molecule has 4 nitrogen and oxygen atoms in total. The molecule has 3 N–H and O–H groups in total. The quantitative estimate of drug-likeness (QED) is 0.450. The first-order chi connectivity index (χ1) is 5.25. The minimum absolute atomic E-state index is 0.0336. The number of rotatable bonds is 1. The Balaban J connectivity index is 2.13. The highest BCUT2D eigenvalue weighted by Gasteiger charge is 2.50. The molecule has 0 aromatic carbocycles. The third-order valence-electron chi connectivity index (χ3n) is 2.82. The lowest BCUT2D eigenvalue weighted by atomic mass is 9.73. The van der Waals surface area contributed by atoms with Crippen molar-refractivity contribution in [1.29, 1.82) is 0 Å². The van der Waals surface area contributed by atoms with Crippen LogP contribution in [0.5, 0.6) is 0 Å². The second kappa shape index (κ2) is 2.19. The Labute approximate surface area is 65.0 Å². The van der Waals surface area contributed by atoms with Crippen molar-refractivity contribution in [2.45, 2.75) is 0 Å². The summed E-state index contributed by atoms with van der Waals surface area (Å²) in [7, 11) is 0. The van der Waals surface area contributed by atoms with E-state index in [2.05, 4.69) is 10.6 Å². The van der Waals surface area contributed by atoms with E-state index in [1.54, 1.807) is 0 Å². The highest BCUT2D eigenvalue weighted by Crippen LogP contribution is 2.35. The molecule has 0 saturated carbocycles. The zero-order valence-electron chi connectivity index (χ0n) is 6.26. The first-order valence-electron chi connectivity index (χ1n) is 3.89. The highest BCUT2D eigenvalue weighted by molar-refractivity contribution is 5.72. The summed E-state index contributed by atoms with van der Waals surface area (Å²) in [6.45, 7) is 3.21. The topological polar surface area (TPSA) is 61.4 Å². The van der Waals surface area contributed by atoms with Crippen molar-refractivity contribution in [3.8, 4) is 0 Å². The van der Waals surface area contributed by atoms with E-state index in [9.17, 15) is 4.79 Å². The summed E-state index contributed by atoms with van der Waals surface area (Å²) in [5, 5.41) is 15.1. The van der Waals surface area contributed by atoms with E-state index >= 15 is 0 Å². The van der Waals surface area contributed by atoms with E-state index in [1.807, 2.05) is 0 Å². The molecule has 11 heavy (non-hydrogen) atoms. The van der Waals surface area contributed by atoms with Gasteiger partial charge in [-0.3, -0.25) is 4.79 Å². The van der Waals surface area contributed by atoms with Crippen molar-refractivity contribution >= 4 is 5.97 Å².